The summed E-state index contributed by atoms with van der Waals surface area (Å²) in [4.78, 5) is 14.6. The maximum atomic E-state index is 12.3. The molecule has 0 radical (unpaired) electrons. The molecule has 0 spiro atoms. The third-order valence-corrected chi connectivity index (χ3v) is 6.25. The number of rotatable bonds is 6. The zero-order valence-electron chi connectivity index (χ0n) is 15.0. The highest BCUT2D eigenvalue weighted by molar-refractivity contribution is 7.92. The van der Waals surface area contributed by atoms with E-state index >= 15 is 0 Å². The van der Waals surface area contributed by atoms with Crippen LogP contribution in [0.1, 0.15) is 29.6 Å². The Balaban J connectivity index is 1.91. The number of sulfonamides is 1. The molecule has 1 N–H and O–H groups in total. The number of hydrogen-bond donors (Lipinski definition) is 1. The summed E-state index contributed by atoms with van der Waals surface area (Å²) in [6.45, 7) is 2.84. The van der Waals surface area contributed by atoms with Crippen molar-refractivity contribution in [3.8, 4) is 0 Å². The van der Waals surface area contributed by atoms with E-state index in [0.717, 1.165) is 30.1 Å². The molecule has 0 unspecified atom stereocenters. The van der Waals surface area contributed by atoms with E-state index in [2.05, 4.69) is 17.3 Å². The van der Waals surface area contributed by atoms with Gasteiger partial charge in [-0.15, -0.1) is 0 Å². The van der Waals surface area contributed by atoms with Crippen molar-refractivity contribution in [3.63, 3.8) is 0 Å². The van der Waals surface area contributed by atoms with E-state index in [0.29, 0.717) is 23.7 Å². The van der Waals surface area contributed by atoms with Crippen LogP contribution in [0.4, 0.5) is 5.69 Å². The Kier molecular flexibility index (Phi) is 6.71. The summed E-state index contributed by atoms with van der Waals surface area (Å²) in [5.74, 6) is 0.421. The van der Waals surface area contributed by atoms with Crippen molar-refractivity contribution in [2.24, 2.45) is 5.92 Å². The molecule has 1 aliphatic rings. The molecular formula is C17H26ClN3O3S. The number of benzene rings is 1. The standard InChI is InChI=1S/C17H26ClN3O3S/c1-20-10-7-13(8-11-20)6-9-19-17(22)15-5-4-14(12-16(15)18)21(2)25(3,23)24/h4-5,12-13H,6-11H2,1-3H3,(H,19,22). The number of carbonyl (C=O) groups is 1. The maximum Gasteiger partial charge on any atom is 0.252 e. The SMILES string of the molecule is CN1CCC(CCNC(=O)c2ccc(N(C)S(C)(=O)=O)cc2Cl)CC1. The van der Waals surface area contributed by atoms with Gasteiger partial charge in [-0.25, -0.2) is 8.42 Å². The lowest BCUT2D eigenvalue weighted by atomic mass is 9.94. The normalized spacial score (nSPS) is 16.6. The monoisotopic (exact) mass is 387 g/mol. The van der Waals surface area contributed by atoms with Crippen molar-refractivity contribution in [1.29, 1.82) is 0 Å². The predicted octanol–water partition coefficient (Wildman–Crippen LogP) is 2.20. The molecule has 2 rings (SSSR count). The van der Waals surface area contributed by atoms with Crippen molar-refractivity contribution < 1.29 is 13.2 Å². The summed E-state index contributed by atoms with van der Waals surface area (Å²) in [5.41, 5.74) is 0.783. The van der Waals surface area contributed by atoms with Gasteiger partial charge in [-0.05, 0) is 63.5 Å². The number of carbonyl (C=O) groups excluding carboxylic acids is 1. The fourth-order valence-electron chi connectivity index (χ4n) is 2.91. The lowest BCUT2D eigenvalue weighted by molar-refractivity contribution is 0.0949. The summed E-state index contributed by atoms with van der Waals surface area (Å²) in [5, 5.41) is 3.15. The average Bonchev–Trinajstić information content (AvgIpc) is 2.55. The Labute approximate surface area is 155 Å². The predicted molar refractivity (Wildman–Crippen MR) is 102 cm³/mol. The Hall–Kier alpha value is -1.31. The highest BCUT2D eigenvalue weighted by Gasteiger charge is 2.18. The molecule has 1 aliphatic heterocycles. The van der Waals surface area contributed by atoms with Crippen LogP contribution in [0.15, 0.2) is 18.2 Å². The highest BCUT2D eigenvalue weighted by atomic mass is 35.5. The fourth-order valence-corrected chi connectivity index (χ4v) is 3.67. The second kappa shape index (κ2) is 8.38. The second-order valence-corrected chi connectivity index (χ2v) is 9.11. The van der Waals surface area contributed by atoms with Crippen molar-refractivity contribution in [2.45, 2.75) is 19.3 Å². The molecule has 1 saturated heterocycles. The Morgan fingerprint density at radius 2 is 2.00 bits per heavy atom. The van der Waals surface area contributed by atoms with Gasteiger partial charge in [-0.2, -0.15) is 0 Å². The quantitative estimate of drug-likeness (QED) is 0.812. The molecular weight excluding hydrogens is 362 g/mol. The smallest absolute Gasteiger partial charge is 0.252 e. The molecule has 0 saturated carbocycles. The Morgan fingerprint density at radius 3 is 2.56 bits per heavy atom. The van der Waals surface area contributed by atoms with Crippen LogP contribution in [0.3, 0.4) is 0 Å². The van der Waals surface area contributed by atoms with Gasteiger partial charge in [-0.1, -0.05) is 11.6 Å². The number of amides is 1. The van der Waals surface area contributed by atoms with Crippen molar-refractivity contribution in [1.82, 2.24) is 10.2 Å². The zero-order chi connectivity index (χ0) is 18.6. The number of nitrogens with zero attached hydrogens (tertiary/aromatic N) is 2. The van der Waals surface area contributed by atoms with Crippen molar-refractivity contribution in [2.75, 3.05) is 44.3 Å². The zero-order valence-corrected chi connectivity index (χ0v) is 16.5. The molecule has 0 aromatic heterocycles. The summed E-state index contributed by atoms with van der Waals surface area (Å²) in [6.07, 6.45) is 4.41. The first-order valence-corrected chi connectivity index (χ1v) is 10.6. The third-order valence-electron chi connectivity index (χ3n) is 4.73. The molecule has 1 aromatic carbocycles. The summed E-state index contributed by atoms with van der Waals surface area (Å²) < 4.78 is 24.3. The lowest BCUT2D eigenvalue weighted by Gasteiger charge is -2.28. The molecule has 6 nitrogen and oxygen atoms in total. The third kappa shape index (κ3) is 5.59. The van der Waals surface area contributed by atoms with Crippen LogP contribution in [-0.2, 0) is 10.0 Å². The molecule has 1 heterocycles. The fraction of sp³-hybridized carbons (Fsp3) is 0.588. The number of halogens is 1. The number of likely N-dealkylation sites (tertiary alicyclic amines) is 1. The van der Waals surface area contributed by atoms with E-state index in [1.165, 1.54) is 26.0 Å². The van der Waals surface area contributed by atoms with Crippen LogP contribution in [0.2, 0.25) is 5.02 Å². The van der Waals surface area contributed by atoms with Gasteiger partial charge in [0.1, 0.15) is 0 Å². The Bertz CT molecular complexity index is 716. The van der Waals surface area contributed by atoms with Crippen LogP contribution in [-0.4, -0.2) is 59.2 Å². The molecule has 25 heavy (non-hydrogen) atoms. The first kappa shape index (κ1) is 20.0. The summed E-state index contributed by atoms with van der Waals surface area (Å²) in [7, 11) is 0.211. The van der Waals surface area contributed by atoms with Crippen LogP contribution >= 0.6 is 11.6 Å². The number of anilines is 1. The van der Waals surface area contributed by atoms with Gasteiger partial charge in [0.25, 0.3) is 5.91 Å². The minimum Gasteiger partial charge on any atom is -0.352 e. The van der Waals surface area contributed by atoms with Gasteiger partial charge < -0.3 is 10.2 Å². The number of piperidine rings is 1. The number of nitrogens with one attached hydrogen (secondary N) is 1. The molecule has 8 heteroatoms. The minimum atomic E-state index is -3.37. The van der Waals surface area contributed by atoms with Crippen LogP contribution in [0.5, 0.6) is 0 Å². The van der Waals surface area contributed by atoms with Gasteiger partial charge in [0.15, 0.2) is 0 Å². The largest absolute Gasteiger partial charge is 0.352 e. The molecule has 1 amide bonds. The number of hydrogen-bond acceptors (Lipinski definition) is 4. The molecule has 1 fully saturated rings. The van der Waals surface area contributed by atoms with E-state index < -0.39 is 10.0 Å². The Morgan fingerprint density at radius 1 is 1.36 bits per heavy atom. The van der Waals surface area contributed by atoms with Crippen molar-refractivity contribution in [3.05, 3.63) is 28.8 Å². The van der Waals surface area contributed by atoms with E-state index in [4.69, 9.17) is 11.6 Å². The minimum absolute atomic E-state index is 0.230. The van der Waals surface area contributed by atoms with Gasteiger partial charge in [0, 0.05) is 13.6 Å². The highest BCUT2D eigenvalue weighted by Crippen LogP contribution is 2.24. The van der Waals surface area contributed by atoms with Gasteiger partial charge >= 0.3 is 0 Å². The second-order valence-electron chi connectivity index (χ2n) is 6.69. The van der Waals surface area contributed by atoms with Gasteiger partial charge in [-0.3, -0.25) is 9.10 Å². The average molecular weight is 388 g/mol. The molecule has 0 bridgehead atoms. The first-order chi connectivity index (χ1) is 11.7. The van der Waals surface area contributed by atoms with E-state index in [1.54, 1.807) is 12.1 Å². The van der Waals surface area contributed by atoms with Crippen LogP contribution < -0.4 is 9.62 Å². The van der Waals surface area contributed by atoms with Crippen LogP contribution in [0.25, 0.3) is 0 Å². The molecule has 0 aliphatic carbocycles. The topological polar surface area (TPSA) is 69.7 Å². The molecule has 1 aromatic rings. The van der Waals surface area contributed by atoms with E-state index in [9.17, 15) is 13.2 Å². The van der Waals surface area contributed by atoms with E-state index in [1.807, 2.05) is 0 Å². The van der Waals surface area contributed by atoms with Gasteiger partial charge in [0.2, 0.25) is 10.0 Å². The summed E-state index contributed by atoms with van der Waals surface area (Å²) >= 11 is 6.17. The molecule has 0 atom stereocenters. The first-order valence-electron chi connectivity index (χ1n) is 8.38. The van der Waals surface area contributed by atoms with E-state index in [-0.39, 0.29) is 10.9 Å². The van der Waals surface area contributed by atoms with Gasteiger partial charge in [0.05, 0.1) is 22.5 Å². The molecule has 140 valence electrons. The lowest BCUT2D eigenvalue weighted by Crippen LogP contribution is -2.32. The maximum absolute atomic E-state index is 12.3. The van der Waals surface area contributed by atoms with Crippen molar-refractivity contribution >= 4 is 33.2 Å². The summed E-state index contributed by atoms with van der Waals surface area (Å²) in [6, 6.07) is 4.64. The van der Waals surface area contributed by atoms with Crippen LogP contribution in [0, 0.1) is 5.92 Å².